The predicted octanol–water partition coefficient (Wildman–Crippen LogP) is 6.00. The topological polar surface area (TPSA) is 70.1 Å². The summed E-state index contributed by atoms with van der Waals surface area (Å²) in [7, 11) is 6.27. The van der Waals surface area contributed by atoms with Gasteiger partial charge < -0.3 is 18.9 Å². The highest BCUT2D eigenvalue weighted by Gasteiger charge is 2.27. The highest BCUT2D eigenvalue weighted by molar-refractivity contribution is 7.14. The van der Waals surface area contributed by atoms with Crippen LogP contribution in [0.15, 0.2) is 35.7 Å². The highest BCUT2D eigenvalue weighted by atomic mass is 32.1. The lowest BCUT2D eigenvalue weighted by Gasteiger charge is -2.25. The molecule has 1 aromatic heterocycles. The van der Waals surface area contributed by atoms with Gasteiger partial charge in [0, 0.05) is 18.1 Å². The van der Waals surface area contributed by atoms with Gasteiger partial charge in [-0.2, -0.15) is 0 Å². The molecule has 0 aliphatic heterocycles. The second kappa shape index (κ2) is 13.8. The number of hydrogen-bond donors (Lipinski definition) is 0. The summed E-state index contributed by atoms with van der Waals surface area (Å²) in [6, 6.07) is 3.33. The molecule has 1 aromatic carbocycles. The molecule has 1 amide bonds. The summed E-state index contributed by atoms with van der Waals surface area (Å²) in [5.74, 6) is 1.06. The second-order valence-corrected chi connectivity index (χ2v) is 8.56. The number of anilines is 1. The van der Waals surface area contributed by atoms with Crippen LogP contribution in [0.3, 0.4) is 0 Å². The zero-order valence-corrected chi connectivity index (χ0v) is 22.0. The fraction of sp³-hybridized carbons (Fsp3) is 0.462. The number of unbranched alkanes of at least 4 members (excludes halogenated alkanes) is 1. The summed E-state index contributed by atoms with van der Waals surface area (Å²) in [6.45, 7) is 6.49. The Morgan fingerprint density at radius 2 is 1.82 bits per heavy atom. The van der Waals surface area contributed by atoms with Crippen LogP contribution in [0.25, 0.3) is 5.57 Å². The number of amides is 1. The van der Waals surface area contributed by atoms with Crippen LogP contribution in [0.2, 0.25) is 0 Å². The molecule has 2 aromatic rings. The van der Waals surface area contributed by atoms with Crippen LogP contribution in [-0.2, 0) is 4.74 Å². The molecule has 0 spiro atoms. The third-order valence-corrected chi connectivity index (χ3v) is 6.29. The summed E-state index contributed by atoms with van der Waals surface area (Å²) < 4.78 is 22.0. The van der Waals surface area contributed by atoms with E-state index < -0.39 is 0 Å². The normalized spacial score (nSPS) is 12.6. The Hall–Kier alpha value is -2.84. The molecule has 0 fully saturated rings. The van der Waals surface area contributed by atoms with Gasteiger partial charge in [0.2, 0.25) is 5.75 Å². The molecule has 0 aliphatic rings. The van der Waals surface area contributed by atoms with Gasteiger partial charge in [-0.25, -0.2) is 4.98 Å². The van der Waals surface area contributed by atoms with Gasteiger partial charge in [0.05, 0.1) is 39.7 Å². The Morgan fingerprint density at radius 3 is 2.35 bits per heavy atom. The van der Waals surface area contributed by atoms with Crippen molar-refractivity contribution in [3.63, 3.8) is 0 Å². The van der Waals surface area contributed by atoms with Crippen LogP contribution in [0, 0.1) is 0 Å². The number of benzene rings is 1. The van der Waals surface area contributed by atoms with Gasteiger partial charge >= 0.3 is 0 Å². The minimum atomic E-state index is -0.214. The molecule has 1 atom stereocenters. The van der Waals surface area contributed by atoms with Gasteiger partial charge in [-0.3, -0.25) is 9.69 Å². The van der Waals surface area contributed by atoms with Crippen LogP contribution in [-0.4, -0.2) is 52.0 Å². The number of carbonyl (C=O) groups is 1. The molecule has 0 bridgehead atoms. The number of hydrogen-bond acceptors (Lipinski definition) is 7. The molecule has 0 saturated carbocycles. The summed E-state index contributed by atoms with van der Waals surface area (Å²) in [5.41, 5.74) is 2.27. The molecule has 0 radical (unpaired) electrons. The lowest BCUT2D eigenvalue weighted by atomic mass is 10.1. The van der Waals surface area contributed by atoms with Crippen molar-refractivity contribution in [1.29, 1.82) is 0 Å². The SMILES string of the molecule is CC=CC=C(C)c1csc(N(CC(CCCC)OC)C(=O)c2cc(OC)c(OC)c(OC)c2)n1. The number of aromatic nitrogens is 1. The molecular formula is C26H36N2O5S. The lowest BCUT2D eigenvalue weighted by molar-refractivity contribution is 0.0855. The molecule has 34 heavy (non-hydrogen) atoms. The Kier molecular flexibility index (Phi) is 11.1. The number of nitrogens with zero attached hydrogens (tertiary/aromatic N) is 2. The van der Waals surface area contributed by atoms with E-state index in [1.165, 1.54) is 32.7 Å². The largest absolute Gasteiger partial charge is 0.493 e. The van der Waals surface area contributed by atoms with Gasteiger partial charge in [-0.15, -0.1) is 11.3 Å². The van der Waals surface area contributed by atoms with Crippen molar-refractivity contribution >= 4 is 27.9 Å². The van der Waals surface area contributed by atoms with E-state index in [4.69, 9.17) is 23.9 Å². The number of methoxy groups -OCH3 is 4. The molecule has 8 heteroatoms. The smallest absolute Gasteiger partial charge is 0.260 e. The van der Waals surface area contributed by atoms with E-state index in [1.54, 1.807) is 24.1 Å². The molecule has 1 unspecified atom stereocenters. The molecule has 7 nitrogen and oxygen atoms in total. The van der Waals surface area contributed by atoms with Crippen molar-refractivity contribution in [2.45, 2.75) is 46.1 Å². The summed E-state index contributed by atoms with van der Waals surface area (Å²) in [4.78, 5) is 20.3. The molecule has 186 valence electrons. The van der Waals surface area contributed by atoms with E-state index >= 15 is 0 Å². The average Bonchev–Trinajstić information content (AvgIpc) is 3.36. The molecule has 0 aliphatic carbocycles. The molecule has 0 N–H and O–H groups in total. The predicted molar refractivity (Wildman–Crippen MR) is 139 cm³/mol. The van der Waals surface area contributed by atoms with E-state index in [9.17, 15) is 4.79 Å². The minimum Gasteiger partial charge on any atom is -0.493 e. The number of ether oxygens (including phenoxy) is 4. The van der Waals surface area contributed by atoms with Crippen molar-refractivity contribution in [2.75, 3.05) is 39.9 Å². The maximum Gasteiger partial charge on any atom is 0.260 e. The molecule has 1 heterocycles. The minimum absolute atomic E-state index is 0.113. The van der Waals surface area contributed by atoms with Gasteiger partial charge in [0.15, 0.2) is 16.6 Å². The van der Waals surface area contributed by atoms with Crippen LogP contribution in [0.4, 0.5) is 5.13 Å². The van der Waals surface area contributed by atoms with E-state index in [-0.39, 0.29) is 12.0 Å². The maximum absolute atomic E-state index is 13.8. The van der Waals surface area contributed by atoms with Crippen LogP contribution < -0.4 is 19.1 Å². The van der Waals surface area contributed by atoms with Gasteiger partial charge in [-0.05, 0) is 38.0 Å². The number of rotatable bonds is 13. The van der Waals surface area contributed by atoms with E-state index in [0.717, 1.165) is 30.5 Å². The van der Waals surface area contributed by atoms with Gasteiger partial charge in [0.1, 0.15) is 0 Å². The van der Waals surface area contributed by atoms with Gasteiger partial charge in [0.25, 0.3) is 5.91 Å². The standard InChI is InChI=1S/C26H36N2O5S/c1-8-10-12-18(3)21-17-34-26(27-21)28(16-20(30-4)13-11-9-2)25(29)19-14-22(31-5)24(33-7)23(15-19)32-6/h8,10,12,14-15,17,20H,9,11,13,16H2,1-7H3. The average molecular weight is 489 g/mol. The zero-order valence-electron chi connectivity index (χ0n) is 21.2. The Morgan fingerprint density at radius 1 is 1.15 bits per heavy atom. The molecular weight excluding hydrogens is 452 g/mol. The van der Waals surface area contributed by atoms with E-state index in [0.29, 0.717) is 34.5 Å². The fourth-order valence-corrected chi connectivity index (χ4v) is 4.31. The van der Waals surface area contributed by atoms with Crippen LogP contribution in [0.1, 0.15) is 56.1 Å². The van der Waals surface area contributed by atoms with E-state index in [2.05, 4.69) is 6.92 Å². The first kappa shape index (κ1) is 27.4. The number of allylic oxidation sites excluding steroid dienone is 4. The number of carbonyl (C=O) groups excluding carboxylic acids is 1. The maximum atomic E-state index is 13.8. The summed E-state index contributed by atoms with van der Waals surface area (Å²) in [6.07, 6.45) is 8.74. The number of thiazole rings is 1. The fourth-order valence-electron chi connectivity index (χ4n) is 3.42. The quantitative estimate of drug-likeness (QED) is 0.322. The van der Waals surface area contributed by atoms with Crippen molar-refractivity contribution in [3.05, 3.63) is 47.0 Å². The van der Waals surface area contributed by atoms with Crippen LogP contribution >= 0.6 is 11.3 Å². The van der Waals surface area contributed by atoms with Crippen molar-refractivity contribution in [1.82, 2.24) is 4.98 Å². The summed E-state index contributed by atoms with van der Waals surface area (Å²) in [5, 5.41) is 2.58. The third-order valence-electron chi connectivity index (χ3n) is 5.42. The van der Waals surface area contributed by atoms with E-state index in [1.807, 2.05) is 37.5 Å². The first-order valence-electron chi connectivity index (χ1n) is 11.3. The molecule has 2 rings (SSSR count). The first-order valence-corrected chi connectivity index (χ1v) is 12.2. The zero-order chi connectivity index (χ0) is 25.1. The van der Waals surface area contributed by atoms with Crippen LogP contribution in [0.5, 0.6) is 17.2 Å². The monoisotopic (exact) mass is 488 g/mol. The van der Waals surface area contributed by atoms with Crippen molar-refractivity contribution in [2.24, 2.45) is 0 Å². The Labute approximate surface area is 207 Å². The first-order chi connectivity index (χ1) is 16.4. The van der Waals surface area contributed by atoms with Crippen molar-refractivity contribution < 1.29 is 23.7 Å². The van der Waals surface area contributed by atoms with Crippen molar-refractivity contribution in [3.8, 4) is 17.2 Å². The molecule has 0 saturated heterocycles. The summed E-state index contributed by atoms with van der Waals surface area (Å²) >= 11 is 1.43. The lowest BCUT2D eigenvalue weighted by Crippen LogP contribution is -2.38. The van der Waals surface area contributed by atoms with Gasteiger partial charge in [-0.1, -0.05) is 38.0 Å². The second-order valence-electron chi connectivity index (χ2n) is 7.72. The Bertz CT molecular complexity index is 974. The highest BCUT2D eigenvalue weighted by Crippen LogP contribution is 2.39. The Balaban J connectivity index is 2.51. The third kappa shape index (κ3) is 6.84.